The van der Waals surface area contributed by atoms with Gasteiger partial charge in [0.15, 0.2) is 0 Å². The second-order valence-electron chi connectivity index (χ2n) is 7.73. The van der Waals surface area contributed by atoms with E-state index in [0.717, 1.165) is 11.1 Å². The van der Waals surface area contributed by atoms with Crippen LogP contribution in [0.4, 0.5) is 22.0 Å². The maximum absolute atomic E-state index is 14.0. The number of alkyl halides is 5. The lowest BCUT2D eigenvalue weighted by Crippen LogP contribution is -2.43. The van der Waals surface area contributed by atoms with Crippen LogP contribution in [0.25, 0.3) is 5.70 Å². The second-order valence-corrected chi connectivity index (χ2v) is 7.73. The van der Waals surface area contributed by atoms with Gasteiger partial charge >= 0.3 is 12.1 Å². The van der Waals surface area contributed by atoms with Crippen molar-refractivity contribution in [2.75, 3.05) is 20.2 Å². The topological polar surface area (TPSA) is 59.1 Å². The minimum absolute atomic E-state index is 0.0558. The smallest absolute Gasteiger partial charge is 0.458 e. The molecule has 31 heavy (non-hydrogen) atoms. The van der Waals surface area contributed by atoms with Gasteiger partial charge in [-0.25, -0.2) is 5.06 Å². The van der Waals surface area contributed by atoms with Crippen LogP contribution >= 0.6 is 0 Å². The Morgan fingerprint density at radius 3 is 2.45 bits per heavy atom. The molecule has 3 rings (SSSR count). The maximum atomic E-state index is 14.0. The van der Waals surface area contributed by atoms with Crippen molar-refractivity contribution in [3.63, 3.8) is 0 Å². The number of hydrogen-bond donors (Lipinski definition) is 0. The van der Waals surface area contributed by atoms with Gasteiger partial charge in [0.1, 0.15) is 11.4 Å². The fourth-order valence-electron chi connectivity index (χ4n) is 3.71. The molecular formula is C20H21F5N2O4. The highest BCUT2D eigenvalue weighted by Crippen LogP contribution is 2.49. The number of carbonyl (C=O) groups is 2. The molecule has 0 spiro atoms. The number of carbonyl (C=O) groups excluding carboxylic acids is 2. The summed E-state index contributed by atoms with van der Waals surface area (Å²) in [6.45, 7) is 3.35. The van der Waals surface area contributed by atoms with Crippen LogP contribution < -0.4 is 4.74 Å². The first-order valence-electron chi connectivity index (χ1n) is 9.42. The van der Waals surface area contributed by atoms with Crippen LogP contribution in [-0.2, 0) is 20.3 Å². The summed E-state index contributed by atoms with van der Waals surface area (Å²) in [7, 11) is 1.24. The van der Waals surface area contributed by atoms with Gasteiger partial charge < -0.3 is 9.64 Å². The molecule has 0 atom stereocenters. The zero-order chi connectivity index (χ0) is 23.2. The molecule has 0 saturated carbocycles. The van der Waals surface area contributed by atoms with Gasteiger partial charge in [0, 0.05) is 29.7 Å². The zero-order valence-corrected chi connectivity index (χ0v) is 17.1. The molecule has 0 N–H and O–H groups in total. The van der Waals surface area contributed by atoms with Crippen LogP contribution in [0.2, 0.25) is 0 Å². The Morgan fingerprint density at radius 2 is 1.94 bits per heavy atom. The Morgan fingerprint density at radius 1 is 1.26 bits per heavy atom. The summed E-state index contributed by atoms with van der Waals surface area (Å²) in [6.07, 6.45) is -4.72. The molecule has 170 valence electrons. The van der Waals surface area contributed by atoms with E-state index in [1.165, 1.54) is 12.0 Å². The summed E-state index contributed by atoms with van der Waals surface area (Å²) < 4.78 is 72.8. The monoisotopic (exact) mass is 448 g/mol. The highest BCUT2D eigenvalue weighted by molar-refractivity contribution is 5.91. The van der Waals surface area contributed by atoms with E-state index in [1.54, 1.807) is 13.8 Å². The molecule has 2 heterocycles. The van der Waals surface area contributed by atoms with Gasteiger partial charge in [0.05, 0.1) is 19.4 Å². The van der Waals surface area contributed by atoms with E-state index < -0.39 is 23.3 Å². The summed E-state index contributed by atoms with van der Waals surface area (Å²) in [5.74, 6) is -5.35. The number of hydroxylamine groups is 2. The molecule has 0 aromatic heterocycles. The molecular weight excluding hydrogens is 427 g/mol. The third-order valence-electron chi connectivity index (χ3n) is 5.34. The van der Waals surface area contributed by atoms with Gasteiger partial charge in [-0.05, 0) is 38.5 Å². The van der Waals surface area contributed by atoms with Crippen LogP contribution in [0.1, 0.15) is 37.8 Å². The summed E-state index contributed by atoms with van der Waals surface area (Å²) in [5, 5.41) is 0.903. The van der Waals surface area contributed by atoms with E-state index in [0.29, 0.717) is 30.5 Å². The molecule has 1 aromatic carbocycles. The average molecular weight is 448 g/mol. The van der Waals surface area contributed by atoms with E-state index in [9.17, 15) is 31.5 Å². The number of ether oxygens (including phenoxy) is 1. The fraction of sp³-hybridized carbons (Fsp3) is 0.500. The molecule has 6 nitrogen and oxygen atoms in total. The number of rotatable bonds is 6. The Bertz CT molecular complexity index is 927. The second kappa shape index (κ2) is 7.77. The van der Waals surface area contributed by atoms with E-state index in [1.807, 2.05) is 0 Å². The minimum Gasteiger partial charge on any atom is -0.483 e. The van der Waals surface area contributed by atoms with Crippen molar-refractivity contribution in [1.29, 1.82) is 0 Å². The predicted molar refractivity (Wildman–Crippen MR) is 98.7 cm³/mol. The highest BCUT2D eigenvalue weighted by Gasteiger charge is 2.59. The largest absolute Gasteiger partial charge is 0.483 e. The number of benzene rings is 1. The number of fused-ring (bicyclic) bond motifs is 1. The SMILES string of the molecule is CON(C=O)CC1=C(N2CCCC2=O)c2cc(C(F)(F)C(F)(F)F)ccc2OC1(C)C. The van der Waals surface area contributed by atoms with Gasteiger partial charge in [-0.3, -0.25) is 14.4 Å². The molecule has 0 bridgehead atoms. The number of hydrogen-bond acceptors (Lipinski definition) is 4. The fourth-order valence-corrected chi connectivity index (χ4v) is 3.71. The van der Waals surface area contributed by atoms with Crippen molar-refractivity contribution in [1.82, 2.24) is 9.96 Å². The molecule has 0 aliphatic carbocycles. The summed E-state index contributed by atoms with van der Waals surface area (Å²) >= 11 is 0. The van der Waals surface area contributed by atoms with Gasteiger partial charge in [-0.15, -0.1) is 0 Å². The quantitative estimate of drug-likeness (QED) is 0.377. The minimum atomic E-state index is -5.80. The molecule has 11 heteroatoms. The van der Waals surface area contributed by atoms with Gasteiger partial charge in [0.25, 0.3) is 0 Å². The standard InChI is InChI=1S/C20H21F5N2O4/c1-18(2)14(10-26(11-28)30-3)17(27-8-4-5-16(27)29)13-9-12(6-7-15(13)31-18)19(21,22)20(23,24)25/h6-7,9,11H,4-5,8,10H2,1-3H3. The van der Waals surface area contributed by atoms with E-state index in [2.05, 4.69) is 0 Å². The maximum Gasteiger partial charge on any atom is 0.458 e. The van der Waals surface area contributed by atoms with E-state index in [4.69, 9.17) is 9.57 Å². The summed E-state index contributed by atoms with van der Waals surface area (Å²) in [4.78, 5) is 30.1. The van der Waals surface area contributed by atoms with Crippen molar-refractivity contribution in [2.45, 2.75) is 44.4 Å². The number of nitrogens with zero attached hydrogens (tertiary/aromatic N) is 2. The van der Waals surface area contributed by atoms with Crippen LogP contribution in [0, 0.1) is 0 Å². The van der Waals surface area contributed by atoms with Crippen molar-refractivity contribution >= 4 is 18.0 Å². The van der Waals surface area contributed by atoms with Crippen molar-refractivity contribution in [3.8, 4) is 5.75 Å². The summed E-state index contributed by atoms with van der Waals surface area (Å²) in [6, 6.07) is 2.39. The molecule has 2 aliphatic heterocycles. The highest BCUT2D eigenvalue weighted by atomic mass is 19.4. The number of amides is 2. The third kappa shape index (κ3) is 3.98. The number of likely N-dealkylation sites (tertiary alicyclic amines) is 1. The average Bonchev–Trinajstić information content (AvgIpc) is 3.09. The lowest BCUT2D eigenvalue weighted by molar-refractivity contribution is -0.289. The van der Waals surface area contributed by atoms with E-state index in [-0.39, 0.29) is 42.4 Å². The normalized spacial score (nSPS) is 18.7. The number of halogens is 5. The molecule has 2 aliphatic rings. The Labute approximate surface area is 175 Å². The van der Waals surface area contributed by atoms with Crippen LogP contribution in [0.3, 0.4) is 0 Å². The molecule has 1 aromatic rings. The molecule has 0 radical (unpaired) electrons. The molecule has 1 fully saturated rings. The van der Waals surface area contributed by atoms with Crippen molar-refractivity contribution < 1.29 is 41.1 Å². The third-order valence-corrected chi connectivity index (χ3v) is 5.34. The lowest BCUT2D eigenvalue weighted by Gasteiger charge is -2.40. The first kappa shape index (κ1) is 23.0. The molecule has 0 unspecified atom stereocenters. The van der Waals surface area contributed by atoms with Crippen LogP contribution in [0.5, 0.6) is 5.75 Å². The molecule has 1 saturated heterocycles. The van der Waals surface area contributed by atoms with Crippen LogP contribution in [-0.4, -0.2) is 54.3 Å². The predicted octanol–water partition coefficient (Wildman–Crippen LogP) is 3.87. The van der Waals surface area contributed by atoms with Crippen molar-refractivity contribution in [2.24, 2.45) is 0 Å². The van der Waals surface area contributed by atoms with Crippen molar-refractivity contribution in [3.05, 3.63) is 34.9 Å². The first-order chi connectivity index (χ1) is 14.3. The van der Waals surface area contributed by atoms with Gasteiger partial charge in [0.2, 0.25) is 12.3 Å². The Kier molecular flexibility index (Phi) is 5.76. The zero-order valence-electron chi connectivity index (χ0n) is 17.1. The van der Waals surface area contributed by atoms with Gasteiger partial charge in [-0.2, -0.15) is 22.0 Å². The summed E-state index contributed by atoms with van der Waals surface area (Å²) in [5.41, 5.74) is -1.98. The van der Waals surface area contributed by atoms with Gasteiger partial charge in [-0.1, -0.05) is 0 Å². The molecule has 2 amide bonds. The van der Waals surface area contributed by atoms with E-state index >= 15 is 0 Å². The lowest BCUT2D eigenvalue weighted by atomic mass is 9.87. The van der Waals surface area contributed by atoms with Crippen LogP contribution in [0.15, 0.2) is 23.8 Å². The Balaban J connectivity index is 2.26. The first-order valence-corrected chi connectivity index (χ1v) is 9.42. The Hall–Kier alpha value is -2.69.